The normalized spacial score (nSPS) is 15.9. The minimum atomic E-state index is 0.0102. The molecule has 24 heavy (non-hydrogen) atoms. The first-order chi connectivity index (χ1) is 11.6. The Bertz CT molecular complexity index is 527. The molecule has 6 nitrogen and oxygen atoms in total. The second-order valence-electron chi connectivity index (χ2n) is 6.11. The number of quaternary nitrogens is 1. The van der Waals surface area contributed by atoms with Gasteiger partial charge < -0.3 is 20.0 Å². The van der Waals surface area contributed by atoms with E-state index in [0.717, 1.165) is 37.6 Å². The van der Waals surface area contributed by atoms with Crippen molar-refractivity contribution in [2.45, 2.75) is 13.8 Å². The summed E-state index contributed by atoms with van der Waals surface area (Å²) in [5.74, 6) is 0.153. The van der Waals surface area contributed by atoms with E-state index in [1.807, 2.05) is 36.9 Å². The second-order valence-corrected chi connectivity index (χ2v) is 6.11. The molecule has 0 bridgehead atoms. The summed E-state index contributed by atoms with van der Waals surface area (Å²) in [6.07, 6.45) is 0. The number of amides is 2. The summed E-state index contributed by atoms with van der Waals surface area (Å²) < 4.78 is 0. The number of benzene rings is 1. The number of hydrogen-bond donors (Lipinski definition) is 2. The van der Waals surface area contributed by atoms with Gasteiger partial charge in [-0.1, -0.05) is 18.2 Å². The lowest BCUT2D eigenvalue weighted by atomic mass is 10.2. The van der Waals surface area contributed by atoms with Crippen LogP contribution < -0.4 is 15.1 Å². The quantitative estimate of drug-likeness (QED) is 0.699. The van der Waals surface area contributed by atoms with Gasteiger partial charge in [0.15, 0.2) is 13.1 Å². The van der Waals surface area contributed by atoms with Gasteiger partial charge in [-0.2, -0.15) is 0 Å². The van der Waals surface area contributed by atoms with Crippen LogP contribution in [0, 0.1) is 0 Å². The molecule has 2 N–H and O–H groups in total. The number of nitrogens with one attached hydrogen (secondary N) is 2. The van der Waals surface area contributed by atoms with E-state index < -0.39 is 0 Å². The molecular formula is C18H29N4O2+. The highest BCUT2D eigenvalue weighted by molar-refractivity contribution is 5.79. The van der Waals surface area contributed by atoms with Crippen LogP contribution in [-0.4, -0.2) is 69.1 Å². The zero-order chi connectivity index (χ0) is 17.4. The Hall–Kier alpha value is -2.08. The summed E-state index contributed by atoms with van der Waals surface area (Å²) in [5, 5.41) is 2.80. The number of hydrogen-bond acceptors (Lipinski definition) is 3. The molecular weight excluding hydrogens is 304 g/mol. The Labute approximate surface area is 144 Å². The number of piperazine rings is 1. The van der Waals surface area contributed by atoms with Crippen molar-refractivity contribution in [2.75, 3.05) is 57.3 Å². The lowest BCUT2D eigenvalue weighted by Gasteiger charge is -2.36. The molecule has 1 aromatic rings. The van der Waals surface area contributed by atoms with Gasteiger partial charge in [-0.25, -0.2) is 0 Å². The van der Waals surface area contributed by atoms with Crippen molar-refractivity contribution in [1.29, 1.82) is 0 Å². The number of anilines is 1. The van der Waals surface area contributed by atoms with E-state index in [2.05, 4.69) is 22.3 Å². The molecule has 0 spiro atoms. The van der Waals surface area contributed by atoms with Crippen LogP contribution in [0.3, 0.4) is 0 Å². The second kappa shape index (κ2) is 9.27. The van der Waals surface area contributed by atoms with E-state index in [-0.39, 0.29) is 11.8 Å². The fourth-order valence-corrected chi connectivity index (χ4v) is 2.98. The third kappa shape index (κ3) is 5.23. The number of rotatable bonds is 7. The maximum Gasteiger partial charge on any atom is 0.277 e. The number of carbonyl (C=O) groups excluding carboxylic acids is 2. The summed E-state index contributed by atoms with van der Waals surface area (Å²) in [6.45, 7) is 9.26. The number of para-hydroxylation sites is 1. The van der Waals surface area contributed by atoms with Gasteiger partial charge in [-0.3, -0.25) is 9.59 Å². The molecule has 1 fully saturated rings. The number of likely N-dealkylation sites (N-methyl/N-ethyl adjacent to an activating group) is 2. The van der Waals surface area contributed by atoms with Crippen LogP contribution in [0.2, 0.25) is 0 Å². The molecule has 2 rings (SSSR count). The molecule has 1 aliphatic rings. The van der Waals surface area contributed by atoms with Crippen LogP contribution in [0.1, 0.15) is 13.8 Å². The molecule has 0 aromatic heterocycles. The highest BCUT2D eigenvalue weighted by atomic mass is 16.2. The number of carbonyl (C=O) groups is 2. The fourth-order valence-electron chi connectivity index (χ4n) is 2.98. The molecule has 0 radical (unpaired) electrons. The topological polar surface area (TPSA) is 57.1 Å². The third-order valence-electron chi connectivity index (χ3n) is 4.44. The monoisotopic (exact) mass is 333 g/mol. The van der Waals surface area contributed by atoms with Gasteiger partial charge >= 0.3 is 0 Å². The van der Waals surface area contributed by atoms with Crippen molar-refractivity contribution in [1.82, 2.24) is 10.2 Å². The van der Waals surface area contributed by atoms with Crippen molar-refractivity contribution in [3.8, 4) is 0 Å². The number of nitrogens with zero attached hydrogens (tertiary/aromatic N) is 2. The van der Waals surface area contributed by atoms with E-state index in [1.54, 1.807) is 0 Å². The van der Waals surface area contributed by atoms with Gasteiger partial charge in [0.25, 0.3) is 11.8 Å². The zero-order valence-electron chi connectivity index (χ0n) is 14.8. The molecule has 1 heterocycles. The highest BCUT2D eigenvalue weighted by Crippen LogP contribution is 2.15. The Morgan fingerprint density at radius 1 is 1.04 bits per heavy atom. The first-order valence-electron chi connectivity index (χ1n) is 8.82. The summed E-state index contributed by atoms with van der Waals surface area (Å²) in [6, 6.07) is 10.3. The molecule has 132 valence electrons. The van der Waals surface area contributed by atoms with Gasteiger partial charge in [0.05, 0.1) is 6.54 Å². The van der Waals surface area contributed by atoms with E-state index in [4.69, 9.17) is 0 Å². The highest BCUT2D eigenvalue weighted by Gasteiger charge is 2.24. The van der Waals surface area contributed by atoms with E-state index in [1.165, 1.54) is 5.69 Å². The molecule has 1 saturated heterocycles. The maximum atomic E-state index is 12.5. The van der Waals surface area contributed by atoms with E-state index >= 15 is 0 Å². The van der Waals surface area contributed by atoms with Gasteiger partial charge in [-0.05, 0) is 26.0 Å². The lowest BCUT2D eigenvalue weighted by Crippen LogP contribution is -3.14. The van der Waals surface area contributed by atoms with Crippen LogP contribution in [0.15, 0.2) is 30.3 Å². The maximum absolute atomic E-state index is 12.5. The molecule has 2 amide bonds. The smallest absolute Gasteiger partial charge is 0.277 e. The fraction of sp³-hybridized carbons (Fsp3) is 0.556. The van der Waals surface area contributed by atoms with Gasteiger partial charge in [0.1, 0.15) is 0 Å². The summed E-state index contributed by atoms with van der Waals surface area (Å²) in [7, 11) is 0. The van der Waals surface area contributed by atoms with Crippen LogP contribution >= 0.6 is 0 Å². The molecule has 1 unspecified atom stereocenters. The summed E-state index contributed by atoms with van der Waals surface area (Å²) in [5.41, 5.74) is 1.21. The molecule has 6 heteroatoms. The minimum absolute atomic E-state index is 0.0102. The summed E-state index contributed by atoms with van der Waals surface area (Å²) >= 11 is 0. The van der Waals surface area contributed by atoms with Crippen molar-refractivity contribution < 1.29 is 14.5 Å². The molecule has 1 atom stereocenters. The van der Waals surface area contributed by atoms with Crippen LogP contribution in [0.5, 0.6) is 0 Å². The Morgan fingerprint density at radius 3 is 2.29 bits per heavy atom. The Balaban J connectivity index is 1.80. The predicted octanol–water partition coefficient (Wildman–Crippen LogP) is -0.624. The molecule has 0 aliphatic carbocycles. The SMILES string of the molecule is CCNC(=O)C[NH+](CC)CC(=O)N1CCN(c2ccccc2)CC1. The first-order valence-corrected chi connectivity index (χ1v) is 8.82. The van der Waals surface area contributed by atoms with Crippen molar-refractivity contribution in [2.24, 2.45) is 0 Å². The first kappa shape index (κ1) is 18.3. The van der Waals surface area contributed by atoms with Crippen molar-refractivity contribution in [3.63, 3.8) is 0 Å². The standard InChI is InChI=1S/C18H28N4O2/c1-3-19-17(23)14-20(4-2)15-18(24)22-12-10-21(11-13-22)16-8-6-5-7-9-16/h5-9H,3-4,10-15H2,1-2H3,(H,19,23)/p+1. The Kier molecular flexibility index (Phi) is 7.06. The van der Waals surface area contributed by atoms with E-state index in [9.17, 15) is 9.59 Å². The Morgan fingerprint density at radius 2 is 1.71 bits per heavy atom. The third-order valence-corrected chi connectivity index (χ3v) is 4.44. The van der Waals surface area contributed by atoms with Crippen LogP contribution in [0.25, 0.3) is 0 Å². The zero-order valence-corrected chi connectivity index (χ0v) is 14.8. The van der Waals surface area contributed by atoms with Gasteiger partial charge in [0.2, 0.25) is 0 Å². The molecule has 1 aliphatic heterocycles. The van der Waals surface area contributed by atoms with Crippen LogP contribution in [-0.2, 0) is 9.59 Å². The molecule has 1 aromatic carbocycles. The van der Waals surface area contributed by atoms with Crippen LogP contribution in [0.4, 0.5) is 5.69 Å². The average Bonchev–Trinajstić information content (AvgIpc) is 2.62. The minimum Gasteiger partial charge on any atom is -0.368 e. The van der Waals surface area contributed by atoms with Gasteiger partial charge in [0, 0.05) is 38.4 Å². The predicted molar refractivity (Wildman–Crippen MR) is 95.2 cm³/mol. The summed E-state index contributed by atoms with van der Waals surface area (Å²) in [4.78, 5) is 29.5. The van der Waals surface area contributed by atoms with Crippen molar-refractivity contribution in [3.05, 3.63) is 30.3 Å². The van der Waals surface area contributed by atoms with Crippen molar-refractivity contribution >= 4 is 17.5 Å². The van der Waals surface area contributed by atoms with E-state index in [0.29, 0.717) is 19.6 Å². The van der Waals surface area contributed by atoms with Gasteiger partial charge in [-0.15, -0.1) is 0 Å². The average molecular weight is 333 g/mol. The largest absolute Gasteiger partial charge is 0.368 e. The molecule has 0 saturated carbocycles. The lowest BCUT2D eigenvalue weighted by molar-refractivity contribution is -0.882.